The maximum atomic E-state index is 12.9. The fraction of sp³-hybridized carbons (Fsp3) is 0.368. The number of nitrogens with zero attached hydrogens (tertiary/aromatic N) is 1. The van der Waals surface area contributed by atoms with Gasteiger partial charge in [-0.3, -0.25) is 9.59 Å². The Hall–Kier alpha value is -2.21. The van der Waals surface area contributed by atoms with Crippen molar-refractivity contribution < 1.29 is 14.0 Å². The lowest BCUT2D eigenvalue weighted by atomic mass is 10.1. The zero-order chi connectivity index (χ0) is 17.6. The normalized spacial score (nSPS) is 17.1. The van der Waals surface area contributed by atoms with Crippen molar-refractivity contribution in [2.45, 2.75) is 38.3 Å². The van der Waals surface area contributed by atoms with Crippen LogP contribution in [0.5, 0.6) is 0 Å². The summed E-state index contributed by atoms with van der Waals surface area (Å²) in [6.07, 6.45) is 2.57. The Balaban J connectivity index is 1.46. The highest BCUT2D eigenvalue weighted by molar-refractivity contribution is 7.09. The average molecular weight is 360 g/mol. The van der Waals surface area contributed by atoms with Crippen LogP contribution in [0.4, 0.5) is 4.39 Å². The number of rotatable bonds is 7. The Morgan fingerprint density at radius 3 is 2.80 bits per heavy atom. The molecular formula is C19H21FN2O2S. The SMILES string of the molecule is O=C(NCCCc1ccc(F)cc1)C1CCC(=O)N1Cc1cccs1. The van der Waals surface area contributed by atoms with E-state index in [1.54, 1.807) is 28.4 Å². The van der Waals surface area contributed by atoms with Crippen LogP contribution in [0.25, 0.3) is 0 Å². The third-order valence-electron chi connectivity index (χ3n) is 4.39. The molecule has 1 unspecified atom stereocenters. The van der Waals surface area contributed by atoms with Crippen LogP contribution in [0, 0.1) is 5.82 Å². The van der Waals surface area contributed by atoms with Gasteiger partial charge in [0.25, 0.3) is 0 Å². The van der Waals surface area contributed by atoms with Crippen molar-refractivity contribution >= 4 is 23.2 Å². The van der Waals surface area contributed by atoms with E-state index < -0.39 is 0 Å². The molecule has 3 rings (SSSR count). The molecule has 1 N–H and O–H groups in total. The molecule has 1 aromatic heterocycles. The number of aryl methyl sites for hydroxylation is 1. The first-order chi connectivity index (χ1) is 12.1. The Morgan fingerprint density at radius 1 is 1.28 bits per heavy atom. The van der Waals surface area contributed by atoms with E-state index in [-0.39, 0.29) is 23.7 Å². The number of thiophene rings is 1. The van der Waals surface area contributed by atoms with Crippen molar-refractivity contribution in [3.63, 3.8) is 0 Å². The Kier molecular flexibility index (Phi) is 5.81. The molecule has 2 aromatic rings. The van der Waals surface area contributed by atoms with Gasteiger partial charge in [0.05, 0.1) is 6.54 Å². The van der Waals surface area contributed by atoms with Crippen LogP contribution in [0.15, 0.2) is 41.8 Å². The van der Waals surface area contributed by atoms with Gasteiger partial charge in [0, 0.05) is 17.8 Å². The van der Waals surface area contributed by atoms with Gasteiger partial charge < -0.3 is 10.2 Å². The maximum absolute atomic E-state index is 12.9. The van der Waals surface area contributed by atoms with Gasteiger partial charge in [0.2, 0.25) is 11.8 Å². The number of nitrogens with one attached hydrogen (secondary N) is 1. The van der Waals surface area contributed by atoms with Gasteiger partial charge in [-0.2, -0.15) is 0 Å². The largest absolute Gasteiger partial charge is 0.354 e. The lowest BCUT2D eigenvalue weighted by Crippen LogP contribution is -2.44. The number of hydrogen-bond acceptors (Lipinski definition) is 3. The smallest absolute Gasteiger partial charge is 0.242 e. The zero-order valence-electron chi connectivity index (χ0n) is 13.9. The third-order valence-corrected chi connectivity index (χ3v) is 5.25. The lowest BCUT2D eigenvalue weighted by molar-refractivity contribution is -0.135. The number of amides is 2. The second-order valence-corrected chi connectivity index (χ2v) is 7.21. The molecule has 0 radical (unpaired) electrons. The molecule has 0 saturated carbocycles. The van der Waals surface area contributed by atoms with E-state index in [1.165, 1.54) is 12.1 Å². The summed E-state index contributed by atoms with van der Waals surface area (Å²) >= 11 is 1.59. The highest BCUT2D eigenvalue weighted by Crippen LogP contribution is 2.23. The van der Waals surface area contributed by atoms with Crippen LogP contribution in [-0.2, 0) is 22.6 Å². The summed E-state index contributed by atoms with van der Waals surface area (Å²) in [6, 6.07) is 9.96. The molecule has 1 aliphatic rings. The fourth-order valence-electron chi connectivity index (χ4n) is 3.05. The first kappa shape index (κ1) is 17.6. The molecule has 1 saturated heterocycles. The summed E-state index contributed by atoms with van der Waals surface area (Å²) in [4.78, 5) is 27.3. The summed E-state index contributed by atoms with van der Waals surface area (Å²) in [5.74, 6) is -0.282. The minimum absolute atomic E-state index is 0.0415. The molecule has 132 valence electrons. The quantitative estimate of drug-likeness (QED) is 0.771. The van der Waals surface area contributed by atoms with E-state index in [9.17, 15) is 14.0 Å². The molecule has 6 heteroatoms. The molecule has 1 fully saturated rings. The van der Waals surface area contributed by atoms with Crippen molar-refractivity contribution in [1.82, 2.24) is 10.2 Å². The molecule has 25 heavy (non-hydrogen) atoms. The van der Waals surface area contributed by atoms with Crippen LogP contribution in [-0.4, -0.2) is 29.3 Å². The standard InChI is InChI=1S/C19H21FN2O2S/c20-15-7-5-14(6-8-15)3-1-11-21-19(24)17-9-10-18(23)22(17)13-16-4-2-12-25-16/h2,4-8,12,17H,1,3,9-11,13H2,(H,21,24). The van der Waals surface area contributed by atoms with Crippen molar-refractivity contribution in [2.24, 2.45) is 0 Å². The number of hydrogen-bond donors (Lipinski definition) is 1. The average Bonchev–Trinajstić information content (AvgIpc) is 3.24. The molecule has 4 nitrogen and oxygen atoms in total. The van der Waals surface area contributed by atoms with E-state index in [2.05, 4.69) is 5.32 Å². The molecule has 1 atom stereocenters. The van der Waals surface area contributed by atoms with E-state index >= 15 is 0 Å². The Morgan fingerprint density at radius 2 is 2.08 bits per heavy atom. The lowest BCUT2D eigenvalue weighted by Gasteiger charge is -2.23. The molecule has 0 spiro atoms. The molecule has 2 amide bonds. The van der Waals surface area contributed by atoms with E-state index in [1.807, 2.05) is 17.5 Å². The predicted molar refractivity (Wildman–Crippen MR) is 95.6 cm³/mol. The number of carbonyl (C=O) groups is 2. The van der Waals surface area contributed by atoms with Crippen LogP contribution >= 0.6 is 11.3 Å². The summed E-state index contributed by atoms with van der Waals surface area (Å²) in [5.41, 5.74) is 1.05. The van der Waals surface area contributed by atoms with Gasteiger partial charge in [0.15, 0.2) is 0 Å². The predicted octanol–water partition coefficient (Wildman–Crippen LogP) is 3.13. The van der Waals surface area contributed by atoms with Gasteiger partial charge in [-0.05, 0) is 48.4 Å². The highest BCUT2D eigenvalue weighted by Gasteiger charge is 2.35. The van der Waals surface area contributed by atoms with Crippen LogP contribution in [0.3, 0.4) is 0 Å². The third kappa shape index (κ3) is 4.66. The van der Waals surface area contributed by atoms with Gasteiger partial charge >= 0.3 is 0 Å². The fourth-order valence-corrected chi connectivity index (χ4v) is 3.75. The van der Waals surface area contributed by atoms with E-state index in [4.69, 9.17) is 0 Å². The minimum atomic E-state index is -0.375. The van der Waals surface area contributed by atoms with Crippen LogP contribution in [0.2, 0.25) is 0 Å². The van der Waals surface area contributed by atoms with Crippen molar-refractivity contribution in [2.75, 3.05) is 6.54 Å². The van der Waals surface area contributed by atoms with Crippen molar-refractivity contribution in [3.05, 3.63) is 58.0 Å². The molecule has 0 aliphatic carbocycles. The second kappa shape index (κ2) is 8.25. The first-order valence-electron chi connectivity index (χ1n) is 8.47. The van der Waals surface area contributed by atoms with Crippen LogP contribution < -0.4 is 5.32 Å². The number of carbonyl (C=O) groups excluding carboxylic acids is 2. The maximum Gasteiger partial charge on any atom is 0.242 e. The molecule has 1 aliphatic heterocycles. The van der Waals surface area contributed by atoms with Gasteiger partial charge in [-0.1, -0.05) is 18.2 Å². The summed E-state index contributed by atoms with van der Waals surface area (Å²) < 4.78 is 12.9. The minimum Gasteiger partial charge on any atom is -0.354 e. The number of likely N-dealkylation sites (tertiary alicyclic amines) is 1. The monoisotopic (exact) mass is 360 g/mol. The summed E-state index contributed by atoms with van der Waals surface area (Å²) in [5, 5.41) is 4.91. The van der Waals surface area contributed by atoms with E-state index in [0.717, 1.165) is 23.3 Å². The highest BCUT2D eigenvalue weighted by atomic mass is 32.1. The zero-order valence-corrected chi connectivity index (χ0v) is 14.7. The summed E-state index contributed by atoms with van der Waals surface area (Å²) in [6.45, 7) is 1.05. The molecular weight excluding hydrogens is 339 g/mol. The summed E-state index contributed by atoms with van der Waals surface area (Å²) in [7, 11) is 0. The first-order valence-corrected chi connectivity index (χ1v) is 9.35. The second-order valence-electron chi connectivity index (χ2n) is 6.18. The molecule has 1 aromatic carbocycles. The van der Waals surface area contributed by atoms with Crippen LogP contribution in [0.1, 0.15) is 29.7 Å². The number of halogens is 1. The molecule has 2 heterocycles. The van der Waals surface area contributed by atoms with E-state index in [0.29, 0.717) is 25.9 Å². The topological polar surface area (TPSA) is 49.4 Å². The number of benzene rings is 1. The molecule has 0 bridgehead atoms. The van der Waals surface area contributed by atoms with Gasteiger partial charge in [-0.25, -0.2) is 4.39 Å². The van der Waals surface area contributed by atoms with Gasteiger partial charge in [0.1, 0.15) is 11.9 Å². The van der Waals surface area contributed by atoms with Gasteiger partial charge in [-0.15, -0.1) is 11.3 Å². The Bertz CT molecular complexity index is 716. The van der Waals surface area contributed by atoms with Crippen molar-refractivity contribution in [3.8, 4) is 0 Å². The van der Waals surface area contributed by atoms with Crippen molar-refractivity contribution in [1.29, 1.82) is 0 Å². The Labute approximate surface area is 150 Å².